The predicted molar refractivity (Wildman–Crippen MR) is 86.7 cm³/mol. The minimum atomic E-state index is -0.487. The normalized spacial score (nSPS) is 16.9. The smallest absolute Gasteiger partial charge is 0.336 e. The number of H-pyrrole nitrogens is 2. The quantitative estimate of drug-likeness (QED) is 0.580. The lowest BCUT2D eigenvalue weighted by atomic mass is 9.86. The summed E-state index contributed by atoms with van der Waals surface area (Å²) in [6.07, 6.45) is 0. The molecule has 1 atom stereocenters. The Morgan fingerprint density at radius 2 is 2.18 bits per heavy atom. The first-order valence-corrected chi connectivity index (χ1v) is 7.77. The van der Waals surface area contributed by atoms with E-state index >= 15 is 0 Å². The average Bonchev–Trinajstić information content (AvgIpc) is 2.98. The zero-order valence-corrected chi connectivity index (χ0v) is 13.5. The number of carbonyl (C=O) groups is 1. The van der Waals surface area contributed by atoms with Crippen LogP contribution in [0.5, 0.6) is 0 Å². The van der Waals surface area contributed by atoms with Gasteiger partial charge in [0.05, 0.1) is 24.2 Å². The molecular weight excluding hydrogens is 322 g/mol. The van der Waals surface area contributed by atoms with Gasteiger partial charge in [0, 0.05) is 10.6 Å². The minimum absolute atomic E-state index is 0.232. The minimum Gasteiger partial charge on any atom is -0.466 e. The Morgan fingerprint density at radius 3 is 2.82 bits per heavy atom. The molecule has 0 fully saturated rings. The molecule has 2 aromatic rings. The number of allylic oxidation sites excluding steroid dienone is 1. The number of aromatic amines is 2. The molecule has 0 aromatic carbocycles. The number of carbonyl (C=O) groups excluding carboxylic acids is 1. The third-order valence-corrected chi connectivity index (χ3v) is 4.65. The van der Waals surface area contributed by atoms with Gasteiger partial charge in [-0.2, -0.15) is 0 Å². The van der Waals surface area contributed by atoms with E-state index in [0.717, 1.165) is 4.88 Å². The third kappa shape index (κ3) is 2.30. The van der Waals surface area contributed by atoms with Gasteiger partial charge in [-0.25, -0.2) is 4.79 Å². The maximum Gasteiger partial charge on any atom is 0.336 e. The SMILES string of the molecule is COC(=O)C1=C(C)Nc2[nH]c(=S)[nH]c(=O)c2C1c1cccs1. The van der Waals surface area contributed by atoms with Crippen LogP contribution < -0.4 is 10.9 Å². The lowest BCUT2D eigenvalue weighted by Crippen LogP contribution is -2.30. The summed E-state index contributed by atoms with van der Waals surface area (Å²) in [4.78, 5) is 31.0. The Labute approximate surface area is 134 Å². The Morgan fingerprint density at radius 1 is 1.41 bits per heavy atom. The zero-order chi connectivity index (χ0) is 15.9. The number of thiophene rings is 1. The summed E-state index contributed by atoms with van der Waals surface area (Å²) in [5.74, 6) is -0.437. The van der Waals surface area contributed by atoms with E-state index < -0.39 is 11.9 Å². The van der Waals surface area contributed by atoms with Crippen LogP contribution in [0.3, 0.4) is 0 Å². The maximum atomic E-state index is 12.4. The second-order valence-corrected chi connectivity index (χ2v) is 6.19. The van der Waals surface area contributed by atoms with Crippen LogP contribution in [0.25, 0.3) is 0 Å². The predicted octanol–water partition coefficient (Wildman–Crippen LogP) is 2.50. The molecule has 6 nitrogen and oxygen atoms in total. The fourth-order valence-corrected chi connectivity index (χ4v) is 3.64. The molecule has 3 N–H and O–H groups in total. The largest absolute Gasteiger partial charge is 0.466 e. The highest BCUT2D eigenvalue weighted by Gasteiger charge is 2.36. The maximum absolute atomic E-state index is 12.4. The summed E-state index contributed by atoms with van der Waals surface area (Å²) >= 11 is 6.49. The van der Waals surface area contributed by atoms with Gasteiger partial charge < -0.3 is 15.0 Å². The van der Waals surface area contributed by atoms with E-state index in [2.05, 4.69) is 15.3 Å². The Bertz CT molecular complexity index is 877. The van der Waals surface area contributed by atoms with Crippen LogP contribution in [-0.2, 0) is 9.53 Å². The molecule has 22 heavy (non-hydrogen) atoms. The number of ether oxygens (including phenoxy) is 1. The van der Waals surface area contributed by atoms with E-state index in [-0.39, 0.29) is 10.3 Å². The molecule has 1 unspecified atom stereocenters. The van der Waals surface area contributed by atoms with Crippen molar-refractivity contribution in [2.75, 3.05) is 12.4 Å². The number of hydrogen-bond donors (Lipinski definition) is 3. The molecule has 8 heteroatoms. The molecule has 0 aliphatic carbocycles. The van der Waals surface area contributed by atoms with Gasteiger partial charge in [-0.05, 0) is 30.6 Å². The van der Waals surface area contributed by atoms with Crippen LogP contribution in [0.1, 0.15) is 23.3 Å². The number of aromatic nitrogens is 2. The Kier molecular flexibility index (Phi) is 3.71. The van der Waals surface area contributed by atoms with E-state index in [4.69, 9.17) is 17.0 Å². The lowest BCUT2D eigenvalue weighted by molar-refractivity contribution is -0.136. The third-order valence-electron chi connectivity index (χ3n) is 3.51. The number of hydrogen-bond acceptors (Lipinski definition) is 6. The average molecular weight is 335 g/mol. The van der Waals surface area contributed by atoms with Crippen LogP contribution >= 0.6 is 23.6 Å². The van der Waals surface area contributed by atoms with Crippen molar-refractivity contribution < 1.29 is 9.53 Å². The molecule has 0 spiro atoms. The van der Waals surface area contributed by atoms with Gasteiger partial charge >= 0.3 is 5.97 Å². The highest BCUT2D eigenvalue weighted by Crippen LogP contribution is 2.40. The molecular formula is C14H13N3O3S2. The molecule has 3 rings (SSSR count). The molecule has 1 aliphatic heterocycles. The van der Waals surface area contributed by atoms with Crippen molar-refractivity contribution in [2.45, 2.75) is 12.8 Å². The number of fused-ring (bicyclic) bond motifs is 1. The summed E-state index contributed by atoms with van der Waals surface area (Å²) in [6, 6.07) is 3.77. The van der Waals surface area contributed by atoms with E-state index in [0.29, 0.717) is 22.7 Å². The first kappa shape index (κ1) is 14.7. The molecule has 3 heterocycles. The summed E-state index contributed by atoms with van der Waals surface area (Å²) in [7, 11) is 1.33. The molecule has 0 bridgehead atoms. The highest BCUT2D eigenvalue weighted by atomic mass is 32.1. The van der Waals surface area contributed by atoms with Crippen molar-refractivity contribution in [1.82, 2.24) is 9.97 Å². The molecule has 0 saturated carbocycles. The molecule has 114 valence electrons. The fraction of sp³-hybridized carbons (Fsp3) is 0.214. The van der Waals surface area contributed by atoms with Crippen molar-refractivity contribution in [3.8, 4) is 0 Å². The topological polar surface area (TPSA) is 87.0 Å². The summed E-state index contributed by atoms with van der Waals surface area (Å²) < 4.78 is 5.12. The second-order valence-electron chi connectivity index (χ2n) is 4.80. The van der Waals surface area contributed by atoms with Crippen molar-refractivity contribution in [3.05, 3.63) is 54.3 Å². The van der Waals surface area contributed by atoms with Crippen molar-refractivity contribution in [1.29, 1.82) is 0 Å². The monoisotopic (exact) mass is 335 g/mol. The van der Waals surface area contributed by atoms with Crippen LogP contribution in [0.15, 0.2) is 33.6 Å². The number of rotatable bonds is 2. The Hall–Kier alpha value is -2.19. The van der Waals surface area contributed by atoms with E-state index in [9.17, 15) is 9.59 Å². The van der Waals surface area contributed by atoms with Gasteiger partial charge in [0.25, 0.3) is 5.56 Å². The number of anilines is 1. The summed E-state index contributed by atoms with van der Waals surface area (Å²) in [6.45, 7) is 1.77. The summed E-state index contributed by atoms with van der Waals surface area (Å²) in [5, 5.41) is 4.94. The lowest BCUT2D eigenvalue weighted by Gasteiger charge is -2.27. The number of methoxy groups -OCH3 is 1. The molecule has 1 aliphatic rings. The standard InChI is InChI=1S/C14H13N3O3S2/c1-6-8(13(19)20-2)9(7-4-3-5-22-7)10-11(15-6)16-14(21)17-12(10)18/h3-5,9H,1-2H3,(H3,15,16,17,18,21). The van der Waals surface area contributed by atoms with Crippen molar-refractivity contribution in [2.24, 2.45) is 0 Å². The van der Waals surface area contributed by atoms with Gasteiger partial charge in [0.15, 0.2) is 4.77 Å². The zero-order valence-electron chi connectivity index (χ0n) is 11.9. The van der Waals surface area contributed by atoms with Crippen LogP contribution in [0.2, 0.25) is 0 Å². The van der Waals surface area contributed by atoms with Crippen LogP contribution in [0, 0.1) is 4.77 Å². The van der Waals surface area contributed by atoms with E-state index in [1.165, 1.54) is 18.4 Å². The highest BCUT2D eigenvalue weighted by molar-refractivity contribution is 7.71. The van der Waals surface area contributed by atoms with Crippen LogP contribution in [-0.4, -0.2) is 23.0 Å². The van der Waals surface area contributed by atoms with E-state index in [1.54, 1.807) is 6.92 Å². The number of esters is 1. The first-order valence-electron chi connectivity index (χ1n) is 6.49. The molecule has 0 amide bonds. The van der Waals surface area contributed by atoms with Gasteiger partial charge in [-0.15, -0.1) is 11.3 Å². The van der Waals surface area contributed by atoms with Gasteiger partial charge in [-0.3, -0.25) is 9.78 Å². The van der Waals surface area contributed by atoms with Crippen molar-refractivity contribution >= 4 is 35.3 Å². The Balaban J connectivity index is 2.32. The fourth-order valence-electron chi connectivity index (χ4n) is 2.61. The molecule has 0 radical (unpaired) electrons. The van der Waals surface area contributed by atoms with Crippen LogP contribution in [0.4, 0.5) is 5.82 Å². The van der Waals surface area contributed by atoms with Gasteiger partial charge in [0.1, 0.15) is 5.82 Å². The van der Waals surface area contributed by atoms with E-state index in [1.807, 2.05) is 17.5 Å². The van der Waals surface area contributed by atoms with Crippen molar-refractivity contribution in [3.63, 3.8) is 0 Å². The first-order chi connectivity index (χ1) is 10.5. The van der Waals surface area contributed by atoms with Gasteiger partial charge in [0.2, 0.25) is 0 Å². The summed E-state index contributed by atoms with van der Waals surface area (Å²) in [5.41, 5.74) is 1.17. The number of nitrogens with one attached hydrogen (secondary N) is 3. The molecule has 0 saturated heterocycles. The second kappa shape index (κ2) is 5.54. The van der Waals surface area contributed by atoms with Gasteiger partial charge in [-0.1, -0.05) is 6.07 Å². The molecule has 2 aromatic heterocycles.